The molecule has 2 aromatic rings. The van der Waals surface area contributed by atoms with Crippen LogP contribution in [-0.4, -0.2) is 46.5 Å². The molecule has 0 fully saturated rings. The average Bonchev–Trinajstić information content (AvgIpc) is 3.14. The van der Waals surface area contributed by atoms with Crippen molar-refractivity contribution in [2.45, 2.75) is 46.5 Å². The van der Waals surface area contributed by atoms with Crippen LogP contribution in [0.2, 0.25) is 0 Å². The zero-order chi connectivity index (χ0) is 19.8. The van der Waals surface area contributed by atoms with Crippen molar-refractivity contribution < 1.29 is 14.1 Å². The summed E-state index contributed by atoms with van der Waals surface area (Å²) in [5, 5.41) is 6.62. The summed E-state index contributed by atoms with van der Waals surface area (Å²) in [5.41, 5.74) is 2.13. The highest BCUT2D eigenvalue weighted by molar-refractivity contribution is 5.84. The third kappa shape index (κ3) is 5.91. The number of carbonyl (C=O) groups excluding carboxylic acids is 2. The zero-order valence-electron chi connectivity index (χ0n) is 16.5. The lowest BCUT2D eigenvalue weighted by molar-refractivity contribution is -0.132. The fraction of sp³-hybridized carbons (Fsp3) is 0.500. The van der Waals surface area contributed by atoms with Crippen molar-refractivity contribution in [2.24, 2.45) is 0 Å². The Bertz CT molecular complexity index is 749. The van der Waals surface area contributed by atoms with Crippen LogP contribution in [0.25, 0.3) is 11.4 Å². The van der Waals surface area contributed by atoms with Gasteiger partial charge in [0.2, 0.25) is 23.5 Å². The zero-order valence-corrected chi connectivity index (χ0v) is 16.5. The molecule has 0 unspecified atom stereocenters. The van der Waals surface area contributed by atoms with Gasteiger partial charge in [0, 0.05) is 31.5 Å². The van der Waals surface area contributed by atoms with Crippen LogP contribution in [0.3, 0.4) is 0 Å². The fourth-order valence-electron chi connectivity index (χ4n) is 2.66. The monoisotopic (exact) mass is 372 g/mol. The molecule has 0 aliphatic carbocycles. The third-order valence-corrected chi connectivity index (χ3v) is 4.42. The number of rotatable bonds is 9. The number of amides is 2. The molecule has 0 saturated carbocycles. The fourth-order valence-corrected chi connectivity index (χ4v) is 2.66. The summed E-state index contributed by atoms with van der Waals surface area (Å²) >= 11 is 0. The first-order chi connectivity index (χ1) is 12.9. The summed E-state index contributed by atoms with van der Waals surface area (Å²) < 4.78 is 5.23. The summed E-state index contributed by atoms with van der Waals surface area (Å²) in [4.78, 5) is 29.8. The van der Waals surface area contributed by atoms with E-state index in [1.54, 1.807) is 4.90 Å². The Morgan fingerprint density at radius 3 is 2.41 bits per heavy atom. The van der Waals surface area contributed by atoms with E-state index in [0.717, 1.165) is 5.56 Å². The summed E-state index contributed by atoms with van der Waals surface area (Å²) in [7, 11) is 0. The molecule has 0 bridgehead atoms. The van der Waals surface area contributed by atoms with Gasteiger partial charge in [-0.25, -0.2) is 0 Å². The van der Waals surface area contributed by atoms with Crippen molar-refractivity contribution in [1.29, 1.82) is 0 Å². The second-order valence-electron chi connectivity index (χ2n) is 6.63. The van der Waals surface area contributed by atoms with Gasteiger partial charge in [-0.3, -0.25) is 9.59 Å². The van der Waals surface area contributed by atoms with Crippen molar-refractivity contribution in [2.75, 3.05) is 19.6 Å². The van der Waals surface area contributed by atoms with Crippen LogP contribution in [0, 0.1) is 0 Å². The van der Waals surface area contributed by atoms with E-state index in [-0.39, 0.29) is 24.8 Å². The van der Waals surface area contributed by atoms with Crippen LogP contribution in [0.5, 0.6) is 0 Å². The first kappa shape index (κ1) is 20.6. The van der Waals surface area contributed by atoms with Crippen LogP contribution in [-0.2, 0) is 16.0 Å². The molecule has 7 nitrogen and oxygen atoms in total. The number of hydrogen-bond acceptors (Lipinski definition) is 5. The standard InChI is InChI=1S/C20H28N4O3/c1-5-24(6-2)19(26)13-21-17(25)11-12-18-22-20(23-27-18)16-9-7-15(8-10-16)14(3)4/h7-10,14H,5-6,11-13H2,1-4H3,(H,21,25). The molecule has 1 aromatic heterocycles. The maximum absolute atomic E-state index is 11.9. The lowest BCUT2D eigenvalue weighted by Gasteiger charge is -2.18. The molecule has 1 heterocycles. The summed E-state index contributed by atoms with van der Waals surface area (Å²) in [5.74, 6) is 1.09. The van der Waals surface area contributed by atoms with E-state index < -0.39 is 0 Å². The van der Waals surface area contributed by atoms with Gasteiger partial charge in [0.15, 0.2) is 0 Å². The first-order valence-corrected chi connectivity index (χ1v) is 9.41. The second-order valence-corrected chi connectivity index (χ2v) is 6.63. The van der Waals surface area contributed by atoms with E-state index in [1.807, 2.05) is 26.0 Å². The molecular weight excluding hydrogens is 344 g/mol. The largest absolute Gasteiger partial charge is 0.347 e. The van der Waals surface area contributed by atoms with Gasteiger partial charge < -0.3 is 14.7 Å². The molecule has 0 spiro atoms. The molecule has 2 amide bonds. The highest BCUT2D eigenvalue weighted by Crippen LogP contribution is 2.20. The van der Waals surface area contributed by atoms with Crippen LogP contribution in [0.1, 0.15) is 51.5 Å². The van der Waals surface area contributed by atoms with Gasteiger partial charge in [0.05, 0.1) is 6.54 Å². The SMILES string of the molecule is CCN(CC)C(=O)CNC(=O)CCc1nc(-c2ccc(C(C)C)cc2)no1. The van der Waals surface area contributed by atoms with E-state index in [0.29, 0.717) is 37.1 Å². The van der Waals surface area contributed by atoms with Crippen molar-refractivity contribution in [3.8, 4) is 11.4 Å². The Hall–Kier alpha value is -2.70. The average molecular weight is 372 g/mol. The summed E-state index contributed by atoms with van der Waals surface area (Å²) in [6, 6.07) is 8.04. The smallest absolute Gasteiger partial charge is 0.241 e. The molecule has 0 aliphatic rings. The van der Waals surface area contributed by atoms with Crippen LogP contribution in [0.4, 0.5) is 0 Å². The number of aryl methyl sites for hydroxylation is 1. The molecule has 0 atom stereocenters. The van der Waals surface area contributed by atoms with Crippen LogP contribution < -0.4 is 5.32 Å². The second kappa shape index (κ2) is 9.85. The number of carbonyl (C=O) groups is 2. The van der Waals surface area contributed by atoms with E-state index in [2.05, 4.69) is 41.4 Å². The summed E-state index contributed by atoms with van der Waals surface area (Å²) in [6.07, 6.45) is 0.530. The molecule has 146 valence electrons. The maximum atomic E-state index is 11.9. The molecule has 7 heteroatoms. The topological polar surface area (TPSA) is 88.3 Å². The highest BCUT2D eigenvalue weighted by Gasteiger charge is 2.13. The Morgan fingerprint density at radius 1 is 1.15 bits per heavy atom. The van der Waals surface area contributed by atoms with Crippen molar-refractivity contribution in [1.82, 2.24) is 20.4 Å². The molecular formula is C20H28N4O3. The predicted molar refractivity (Wildman–Crippen MR) is 103 cm³/mol. The van der Waals surface area contributed by atoms with E-state index >= 15 is 0 Å². The molecule has 2 rings (SSSR count). The number of hydrogen-bond donors (Lipinski definition) is 1. The van der Waals surface area contributed by atoms with Crippen molar-refractivity contribution in [3.05, 3.63) is 35.7 Å². The Labute approximate surface area is 160 Å². The van der Waals surface area contributed by atoms with Crippen molar-refractivity contribution >= 4 is 11.8 Å². The van der Waals surface area contributed by atoms with Crippen molar-refractivity contribution in [3.63, 3.8) is 0 Å². The number of likely N-dealkylation sites (N-methyl/N-ethyl adjacent to an activating group) is 1. The van der Waals surface area contributed by atoms with Gasteiger partial charge in [0.1, 0.15) is 0 Å². The third-order valence-electron chi connectivity index (χ3n) is 4.42. The number of nitrogens with one attached hydrogen (secondary N) is 1. The number of benzene rings is 1. The van der Waals surface area contributed by atoms with Gasteiger partial charge in [0.25, 0.3) is 0 Å². The highest BCUT2D eigenvalue weighted by atomic mass is 16.5. The molecule has 0 aliphatic heterocycles. The van der Waals surface area contributed by atoms with Crippen LogP contribution in [0.15, 0.2) is 28.8 Å². The van der Waals surface area contributed by atoms with Gasteiger partial charge in [-0.15, -0.1) is 0 Å². The van der Waals surface area contributed by atoms with E-state index in [4.69, 9.17) is 4.52 Å². The van der Waals surface area contributed by atoms with E-state index in [1.165, 1.54) is 5.56 Å². The predicted octanol–water partition coefficient (Wildman–Crippen LogP) is 2.78. The molecule has 0 saturated heterocycles. The minimum absolute atomic E-state index is 0.0117. The lowest BCUT2D eigenvalue weighted by atomic mass is 10.0. The summed E-state index contributed by atoms with van der Waals surface area (Å²) in [6.45, 7) is 9.38. The minimum atomic E-state index is -0.212. The van der Waals surface area contributed by atoms with Gasteiger partial charge >= 0.3 is 0 Å². The Kier molecular flexibility index (Phi) is 7.52. The number of nitrogens with zero attached hydrogens (tertiary/aromatic N) is 3. The minimum Gasteiger partial charge on any atom is -0.347 e. The number of aromatic nitrogens is 2. The van der Waals surface area contributed by atoms with Gasteiger partial charge in [-0.1, -0.05) is 43.3 Å². The quantitative estimate of drug-likeness (QED) is 0.731. The maximum Gasteiger partial charge on any atom is 0.241 e. The van der Waals surface area contributed by atoms with Gasteiger partial charge in [-0.05, 0) is 25.3 Å². The Balaban J connectivity index is 1.83. The first-order valence-electron chi connectivity index (χ1n) is 9.41. The van der Waals surface area contributed by atoms with Gasteiger partial charge in [-0.2, -0.15) is 4.98 Å². The molecule has 1 N–H and O–H groups in total. The van der Waals surface area contributed by atoms with E-state index in [9.17, 15) is 9.59 Å². The Morgan fingerprint density at radius 2 is 1.81 bits per heavy atom. The molecule has 1 aromatic carbocycles. The normalized spacial score (nSPS) is 10.9. The van der Waals surface area contributed by atoms with Crippen LogP contribution >= 0.6 is 0 Å². The molecule has 27 heavy (non-hydrogen) atoms. The molecule has 0 radical (unpaired) electrons. The lowest BCUT2D eigenvalue weighted by Crippen LogP contribution is -2.40.